The lowest BCUT2D eigenvalue weighted by molar-refractivity contribution is -0.130. The summed E-state index contributed by atoms with van der Waals surface area (Å²) in [5.74, 6) is 0.0224. The second-order valence-corrected chi connectivity index (χ2v) is 2.81. The van der Waals surface area contributed by atoms with E-state index in [1.54, 1.807) is 35.1 Å². The van der Waals surface area contributed by atoms with Gasteiger partial charge in [0.25, 0.3) is 0 Å². The van der Waals surface area contributed by atoms with Crippen molar-refractivity contribution in [1.82, 2.24) is 14.7 Å². The van der Waals surface area contributed by atoms with E-state index in [1.807, 2.05) is 0 Å². The maximum Gasteiger partial charge on any atom is 0.244 e. The normalized spacial score (nSPS) is 10.0. The zero-order chi connectivity index (χ0) is 9.68. The summed E-state index contributed by atoms with van der Waals surface area (Å²) in [6.07, 6.45) is 3.41. The Hall–Kier alpha value is -1.36. The summed E-state index contributed by atoms with van der Waals surface area (Å²) in [7, 11) is 1.73. The van der Waals surface area contributed by atoms with Crippen LogP contribution in [-0.2, 0) is 11.3 Å². The Morgan fingerprint density at radius 3 is 3.00 bits per heavy atom. The monoisotopic (exact) mass is 182 g/mol. The fourth-order valence-corrected chi connectivity index (χ4v) is 0.972. The average molecular weight is 182 g/mol. The van der Waals surface area contributed by atoms with E-state index in [-0.39, 0.29) is 12.5 Å². The summed E-state index contributed by atoms with van der Waals surface area (Å²) in [5.41, 5.74) is 5.32. The molecule has 0 fully saturated rings. The molecule has 1 aromatic rings. The smallest absolute Gasteiger partial charge is 0.244 e. The van der Waals surface area contributed by atoms with Crippen LogP contribution in [0.5, 0.6) is 0 Å². The van der Waals surface area contributed by atoms with Crippen molar-refractivity contribution in [1.29, 1.82) is 0 Å². The number of rotatable bonds is 4. The molecule has 0 saturated carbocycles. The van der Waals surface area contributed by atoms with Gasteiger partial charge in [-0.05, 0) is 6.07 Å². The second-order valence-electron chi connectivity index (χ2n) is 2.81. The van der Waals surface area contributed by atoms with Crippen LogP contribution in [0.2, 0.25) is 0 Å². The highest BCUT2D eigenvalue weighted by Crippen LogP contribution is 1.89. The molecule has 0 aromatic carbocycles. The van der Waals surface area contributed by atoms with Crippen molar-refractivity contribution in [3.05, 3.63) is 18.5 Å². The molecule has 0 saturated heterocycles. The number of nitrogens with zero attached hydrogens (tertiary/aromatic N) is 3. The van der Waals surface area contributed by atoms with Gasteiger partial charge in [0.2, 0.25) is 5.91 Å². The highest BCUT2D eigenvalue weighted by Gasteiger charge is 2.07. The molecule has 0 radical (unpaired) electrons. The molecule has 72 valence electrons. The number of amides is 1. The molecule has 1 rings (SSSR count). The zero-order valence-electron chi connectivity index (χ0n) is 7.68. The maximum absolute atomic E-state index is 11.4. The van der Waals surface area contributed by atoms with Crippen molar-refractivity contribution in [3.8, 4) is 0 Å². The molecule has 1 heterocycles. The van der Waals surface area contributed by atoms with Gasteiger partial charge < -0.3 is 10.6 Å². The average Bonchev–Trinajstić information content (AvgIpc) is 2.57. The third-order valence-corrected chi connectivity index (χ3v) is 1.75. The van der Waals surface area contributed by atoms with Gasteiger partial charge in [-0.25, -0.2) is 0 Å². The SMILES string of the molecule is CN(CCN)C(=O)Cn1cccn1. The van der Waals surface area contributed by atoms with Crippen LogP contribution in [0.1, 0.15) is 0 Å². The molecule has 0 bridgehead atoms. The Bertz CT molecular complexity index is 257. The minimum atomic E-state index is 0.0224. The minimum Gasteiger partial charge on any atom is -0.343 e. The lowest BCUT2D eigenvalue weighted by Crippen LogP contribution is -2.34. The Morgan fingerprint density at radius 1 is 1.69 bits per heavy atom. The van der Waals surface area contributed by atoms with E-state index in [2.05, 4.69) is 5.10 Å². The minimum absolute atomic E-state index is 0.0224. The summed E-state index contributed by atoms with van der Waals surface area (Å²) in [5, 5.41) is 3.94. The number of hydrogen-bond donors (Lipinski definition) is 1. The number of likely N-dealkylation sites (N-methyl/N-ethyl adjacent to an activating group) is 1. The van der Waals surface area contributed by atoms with Crippen molar-refractivity contribution in [2.75, 3.05) is 20.1 Å². The van der Waals surface area contributed by atoms with E-state index < -0.39 is 0 Å². The summed E-state index contributed by atoms with van der Waals surface area (Å²) >= 11 is 0. The molecule has 0 unspecified atom stereocenters. The van der Waals surface area contributed by atoms with Gasteiger partial charge in [-0.1, -0.05) is 0 Å². The Labute approximate surface area is 77.1 Å². The Balaban J connectivity index is 2.41. The Morgan fingerprint density at radius 2 is 2.46 bits per heavy atom. The van der Waals surface area contributed by atoms with Crippen LogP contribution in [0.15, 0.2) is 18.5 Å². The first-order chi connectivity index (χ1) is 6.24. The fraction of sp³-hybridized carbons (Fsp3) is 0.500. The molecule has 0 atom stereocenters. The van der Waals surface area contributed by atoms with E-state index in [9.17, 15) is 4.79 Å². The maximum atomic E-state index is 11.4. The predicted molar refractivity (Wildman–Crippen MR) is 48.9 cm³/mol. The van der Waals surface area contributed by atoms with Gasteiger partial charge in [-0.15, -0.1) is 0 Å². The van der Waals surface area contributed by atoms with Crippen LogP contribution >= 0.6 is 0 Å². The van der Waals surface area contributed by atoms with Gasteiger partial charge >= 0.3 is 0 Å². The molecular formula is C8H14N4O. The molecule has 13 heavy (non-hydrogen) atoms. The lowest BCUT2D eigenvalue weighted by atomic mass is 10.5. The standard InChI is InChI=1S/C8H14N4O/c1-11(6-3-9)8(13)7-12-5-2-4-10-12/h2,4-5H,3,6-7,9H2,1H3. The molecular weight excluding hydrogens is 168 g/mol. The lowest BCUT2D eigenvalue weighted by Gasteiger charge is -2.15. The first kappa shape index (κ1) is 9.73. The summed E-state index contributed by atoms with van der Waals surface area (Å²) in [6.45, 7) is 1.35. The molecule has 0 aliphatic rings. The van der Waals surface area contributed by atoms with Crippen LogP contribution in [0, 0.1) is 0 Å². The van der Waals surface area contributed by atoms with Crippen molar-refractivity contribution < 1.29 is 4.79 Å². The van der Waals surface area contributed by atoms with Crippen LogP contribution < -0.4 is 5.73 Å². The van der Waals surface area contributed by atoms with Crippen molar-refractivity contribution in [2.24, 2.45) is 5.73 Å². The van der Waals surface area contributed by atoms with Gasteiger partial charge in [0.05, 0.1) is 0 Å². The van der Waals surface area contributed by atoms with Gasteiger partial charge in [-0.2, -0.15) is 5.10 Å². The number of hydrogen-bond acceptors (Lipinski definition) is 3. The summed E-state index contributed by atoms with van der Waals surface area (Å²) < 4.78 is 1.59. The van der Waals surface area contributed by atoms with Crippen LogP contribution in [0.3, 0.4) is 0 Å². The van der Waals surface area contributed by atoms with E-state index in [1.165, 1.54) is 0 Å². The molecule has 0 aliphatic heterocycles. The van der Waals surface area contributed by atoms with E-state index in [0.717, 1.165) is 0 Å². The predicted octanol–water partition coefficient (Wildman–Crippen LogP) is -0.700. The largest absolute Gasteiger partial charge is 0.343 e. The molecule has 5 heteroatoms. The number of nitrogens with two attached hydrogens (primary N) is 1. The molecule has 2 N–H and O–H groups in total. The van der Waals surface area contributed by atoms with Crippen LogP contribution in [-0.4, -0.2) is 40.7 Å². The third kappa shape index (κ3) is 2.87. The molecule has 1 aromatic heterocycles. The number of aromatic nitrogens is 2. The molecule has 0 aliphatic carbocycles. The second kappa shape index (κ2) is 4.61. The number of carbonyl (C=O) groups excluding carboxylic acids is 1. The topological polar surface area (TPSA) is 64.2 Å². The first-order valence-corrected chi connectivity index (χ1v) is 4.15. The molecule has 5 nitrogen and oxygen atoms in total. The van der Waals surface area contributed by atoms with E-state index in [0.29, 0.717) is 13.1 Å². The van der Waals surface area contributed by atoms with Crippen molar-refractivity contribution >= 4 is 5.91 Å². The van der Waals surface area contributed by atoms with Gasteiger partial charge in [0.15, 0.2) is 0 Å². The molecule has 0 spiro atoms. The first-order valence-electron chi connectivity index (χ1n) is 4.15. The fourth-order valence-electron chi connectivity index (χ4n) is 0.972. The van der Waals surface area contributed by atoms with Gasteiger partial charge in [0.1, 0.15) is 6.54 Å². The van der Waals surface area contributed by atoms with E-state index >= 15 is 0 Å². The van der Waals surface area contributed by atoms with Crippen LogP contribution in [0.4, 0.5) is 0 Å². The van der Waals surface area contributed by atoms with E-state index in [4.69, 9.17) is 5.73 Å². The van der Waals surface area contributed by atoms with Crippen molar-refractivity contribution in [3.63, 3.8) is 0 Å². The Kier molecular flexibility index (Phi) is 3.45. The highest BCUT2D eigenvalue weighted by molar-refractivity contribution is 5.75. The van der Waals surface area contributed by atoms with Gasteiger partial charge in [0, 0.05) is 32.5 Å². The van der Waals surface area contributed by atoms with Crippen LogP contribution in [0.25, 0.3) is 0 Å². The molecule has 1 amide bonds. The summed E-state index contributed by atoms with van der Waals surface area (Å²) in [6, 6.07) is 1.79. The highest BCUT2D eigenvalue weighted by atomic mass is 16.2. The number of carbonyl (C=O) groups is 1. The van der Waals surface area contributed by atoms with Crippen molar-refractivity contribution in [2.45, 2.75) is 6.54 Å². The zero-order valence-corrected chi connectivity index (χ0v) is 7.68. The quantitative estimate of drug-likeness (QED) is 0.669. The third-order valence-electron chi connectivity index (χ3n) is 1.75. The van der Waals surface area contributed by atoms with Gasteiger partial charge in [-0.3, -0.25) is 9.48 Å². The summed E-state index contributed by atoms with van der Waals surface area (Å²) in [4.78, 5) is 13.0.